The molecule has 2 aliphatic rings. The summed E-state index contributed by atoms with van der Waals surface area (Å²) in [6, 6.07) is 4.48. The Hall–Kier alpha value is -2.57. The first-order valence-corrected chi connectivity index (χ1v) is 9.69. The van der Waals surface area contributed by atoms with Crippen molar-refractivity contribution in [3.63, 3.8) is 0 Å². The Morgan fingerprint density at radius 2 is 1.82 bits per heavy atom. The number of carbonyl (C=O) groups excluding carboxylic acids is 3. The maximum atomic E-state index is 13.4. The molecule has 2 fully saturated rings. The van der Waals surface area contributed by atoms with Crippen molar-refractivity contribution in [3.05, 3.63) is 29.3 Å². The zero-order valence-corrected chi connectivity index (χ0v) is 16.8. The molecule has 3 atom stereocenters. The highest BCUT2D eigenvalue weighted by Gasteiger charge is 2.61. The fraction of sp³-hybridized carbons (Fsp3) is 0.571. The van der Waals surface area contributed by atoms with Crippen LogP contribution in [0.5, 0.6) is 5.75 Å². The summed E-state index contributed by atoms with van der Waals surface area (Å²) in [6.45, 7) is 4.09. The van der Waals surface area contributed by atoms with E-state index >= 15 is 0 Å². The van der Waals surface area contributed by atoms with Gasteiger partial charge in [0.1, 0.15) is 5.75 Å². The van der Waals surface area contributed by atoms with Gasteiger partial charge >= 0.3 is 11.9 Å². The molecule has 3 rings (SSSR count). The summed E-state index contributed by atoms with van der Waals surface area (Å²) in [5.74, 6) is -0.545. The van der Waals surface area contributed by atoms with E-state index in [4.69, 9.17) is 14.2 Å². The number of methoxy groups -OCH3 is 2. The molecule has 7 heteroatoms. The van der Waals surface area contributed by atoms with Crippen LogP contribution in [0.2, 0.25) is 0 Å². The minimum Gasteiger partial charge on any atom is -0.497 e. The molecule has 0 unspecified atom stereocenters. The molecular formula is C21H27NO6. The SMILES string of the molecule is CCOC(=O)[C@@]1(CC)C[C@H]2CC[C@@H]1N2C(=O)c1cc(OC)cc(C(=O)OC)c1. The zero-order valence-electron chi connectivity index (χ0n) is 16.8. The third kappa shape index (κ3) is 3.12. The second kappa shape index (κ2) is 7.81. The van der Waals surface area contributed by atoms with Crippen LogP contribution in [0.15, 0.2) is 18.2 Å². The lowest BCUT2D eigenvalue weighted by atomic mass is 9.72. The van der Waals surface area contributed by atoms with E-state index in [-0.39, 0.29) is 29.5 Å². The fourth-order valence-corrected chi connectivity index (χ4v) is 4.73. The van der Waals surface area contributed by atoms with Crippen LogP contribution >= 0.6 is 0 Å². The first kappa shape index (κ1) is 20.2. The normalized spacial score (nSPS) is 25.5. The summed E-state index contributed by atoms with van der Waals surface area (Å²) in [7, 11) is 2.77. The van der Waals surface area contributed by atoms with E-state index < -0.39 is 11.4 Å². The Morgan fingerprint density at radius 3 is 2.43 bits per heavy atom. The molecule has 0 radical (unpaired) electrons. The highest BCUT2D eigenvalue weighted by Crippen LogP contribution is 2.53. The number of ether oxygens (including phenoxy) is 3. The van der Waals surface area contributed by atoms with E-state index in [1.165, 1.54) is 26.4 Å². The maximum Gasteiger partial charge on any atom is 0.338 e. The third-order valence-electron chi connectivity index (χ3n) is 6.10. The van der Waals surface area contributed by atoms with Crippen LogP contribution in [0.4, 0.5) is 0 Å². The van der Waals surface area contributed by atoms with Gasteiger partial charge in [-0.15, -0.1) is 0 Å². The number of nitrogens with zero attached hydrogens (tertiary/aromatic N) is 1. The first-order chi connectivity index (χ1) is 13.4. The second-order valence-electron chi connectivity index (χ2n) is 7.34. The van der Waals surface area contributed by atoms with Crippen LogP contribution in [0, 0.1) is 5.41 Å². The lowest BCUT2D eigenvalue weighted by molar-refractivity contribution is -0.157. The summed E-state index contributed by atoms with van der Waals surface area (Å²) < 4.78 is 15.4. The minimum absolute atomic E-state index is 0.00497. The topological polar surface area (TPSA) is 82.1 Å². The van der Waals surface area contributed by atoms with Crippen molar-refractivity contribution in [2.45, 2.75) is 51.6 Å². The van der Waals surface area contributed by atoms with E-state index in [0.29, 0.717) is 30.8 Å². The number of fused-ring (bicyclic) bond motifs is 2. The van der Waals surface area contributed by atoms with Crippen molar-refractivity contribution in [2.75, 3.05) is 20.8 Å². The highest BCUT2D eigenvalue weighted by molar-refractivity contribution is 5.99. The molecule has 2 saturated heterocycles. The van der Waals surface area contributed by atoms with Crippen molar-refractivity contribution < 1.29 is 28.6 Å². The van der Waals surface area contributed by atoms with Crippen molar-refractivity contribution in [1.29, 1.82) is 0 Å². The number of rotatable bonds is 6. The van der Waals surface area contributed by atoms with E-state index in [2.05, 4.69) is 0 Å². The van der Waals surface area contributed by atoms with Gasteiger partial charge < -0.3 is 19.1 Å². The number of benzene rings is 1. The predicted molar refractivity (Wildman–Crippen MR) is 101 cm³/mol. The van der Waals surface area contributed by atoms with Crippen LogP contribution in [0.25, 0.3) is 0 Å². The Morgan fingerprint density at radius 1 is 1.11 bits per heavy atom. The molecule has 2 bridgehead atoms. The number of esters is 2. The Labute approximate surface area is 164 Å². The Kier molecular flexibility index (Phi) is 5.63. The summed E-state index contributed by atoms with van der Waals surface area (Å²) in [6.07, 6.45) is 2.89. The molecule has 0 N–H and O–H groups in total. The average Bonchev–Trinajstić information content (AvgIpc) is 3.28. The minimum atomic E-state index is -0.654. The van der Waals surface area contributed by atoms with Crippen LogP contribution in [-0.2, 0) is 14.3 Å². The summed E-state index contributed by atoms with van der Waals surface area (Å²) >= 11 is 0. The molecule has 2 aliphatic heterocycles. The van der Waals surface area contributed by atoms with E-state index in [1.54, 1.807) is 13.0 Å². The van der Waals surface area contributed by atoms with Crippen molar-refractivity contribution in [1.82, 2.24) is 4.90 Å². The van der Waals surface area contributed by atoms with E-state index in [1.807, 2.05) is 11.8 Å². The molecule has 0 aromatic heterocycles. The zero-order chi connectivity index (χ0) is 20.5. The summed E-state index contributed by atoms with van der Waals surface area (Å²) in [5, 5.41) is 0. The van der Waals surface area contributed by atoms with Crippen LogP contribution in [-0.4, -0.2) is 55.7 Å². The second-order valence-corrected chi connectivity index (χ2v) is 7.34. The fourth-order valence-electron chi connectivity index (χ4n) is 4.73. The number of hydrogen-bond acceptors (Lipinski definition) is 6. The highest BCUT2D eigenvalue weighted by atomic mass is 16.5. The average molecular weight is 389 g/mol. The molecule has 0 saturated carbocycles. The molecule has 7 nitrogen and oxygen atoms in total. The van der Waals surface area contributed by atoms with Gasteiger partial charge in [0.05, 0.1) is 31.8 Å². The summed E-state index contributed by atoms with van der Waals surface area (Å²) in [5.41, 5.74) is -0.0464. The van der Waals surface area contributed by atoms with E-state index in [9.17, 15) is 14.4 Å². The smallest absolute Gasteiger partial charge is 0.338 e. The van der Waals surface area contributed by atoms with Crippen LogP contribution < -0.4 is 4.74 Å². The van der Waals surface area contributed by atoms with Gasteiger partial charge in [-0.1, -0.05) is 6.92 Å². The van der Waals surface area contributed by atoms with Gasteiger partial charge in [0.25, 0.3) is 5.91 Å². The van der Waals surface area contributed by atoms with Crippen molar-refractivity contribution in [2.24, 2.45) is 5.41 Å². The largest absolute Gasteiger partial charge is 0.497 e. The Bertz CT molecular complexity index is 791. The van der Waals surface area contributed by atoms with Gasteiger partial charge in [0.2, 0.25) is 0 Å². The van der Waals surface area contributed by atoms with Crippen molar-refractivity contribution in [3.8, 4) is 5.75 Å². The van der Waals surface area contributed by atoms with Crippen LogP contribution in [0.1, 0.15) is 60.2 Å². The molecule has 1 aromatic carbocycles. The molecule has 28 heavy (non-hydrogen) atoms. The molecule has 152 valence electrons. The number of carbonyl (C=O) groups is 3. The summed E-state index contributed by atoms with van der Waals surface area (Å²) in [4.78, 5) is 39.9. The lowest BCUT2D eigenvalue weighted by Crippen LogP contribution is -2.45. The predicted octanol–water partition coefficient (Wildman–Crippen LogP) is 2.82. The lowest BCUT2D eigenvalue weighted by Gasteiger charge is -2.34. The molecule has 0 aliphatic carbocycles. The van der Waals surface area contributed by atoms with Gasteiger partial charge in [-0.25, -0.2) is 4.79 Å². The number of amides is 1. The van der Waals surface area contributed by atoms with Gasteiger partial charge in [0, 0.05) is 17.6 Å². The first-order valence-electron chi connectivity index (χ1n) is 9.69. The quantitative estimate of drug-likeness (QED) is 0.696. The van der Waals surface area contributed by atoms with Gasteiger partial charge in [-0.3, -0.25) is 9.59 Å². The van der Waals surface area contributed by atoms with Gasteiger partial charge in [-0.05, 0) is 50.8 Å². The van der Waals surface area contributed by atoms with E-state index in [0.717, 1.165) is 12.8 Å². The molecule has 2 heterocycles. The molecular weight excluding hydrogens is 362 g/mol. The third-order valence-corrected chi connectivity index (χ3v) is 6.10. The molecule has 1 aromatic rings. The number of hydrogen-bond donors (Lipinski definition) is 0. The van der Waals surface area contributed by atoms with Gasteiger partial charge in [0.15, 0.2) is 0 Å². The monoisotopic (exact) mass is 389 g/mol. The van der Waals surface area contributed by atoms with Crippen LogP contribution in [0.3, 0.4) is 0 Å². The standard InChI is InChI=1S/C21H27NO6/c1-5-21(20(25)28-6-2)12-15-7-8-17(21)22(15)18(23)13-9-14(19(24)27-4)11-16(10-13)26-3/h9-11,15,17H,5-8,12H2,1-4H3/t15-,17+,21+/m1/s1. The maximum absolute atomic E-state index is 13.4. The molecule has 0 spiro atoms. The molecule has 1 amide bonds. The van der Waals surface area contributed by atoms with Gasteiger partial charge in [-0.2, -0.15) is 0 Å². The Balaban J connectivity index is 1.95. The van der Waals surface area contributed by atoms with Crippen molar-refractivity contribution >= 4 is 17.8 Å².